The van der Waals surface area contributed by atoms with Crippen LogP contribution in [0, 0.1) is 10.8 Å². The van der Waals surface area contributed by atoms with Crippen molar-refractivity contribution in [1.29, 1.82) is 0 Å². The summed E-state index contributed by atoms with van der Waals surface area (Å²) in [5.41, 5.74) is 4.00. The van der Waals surface area contributed by atoms with Gasteiger partial charge in [-0.3, -0.25) is 0 Å². The van der Waals surface area contributed by atoms with Gasteiger partial charge in [-0.1, -0.05) is 59.4 Å². The summed E-state index contributed by atoms with van der Waals surface area (Å²) in [7, 11) is 0. The Hall–Kier alpha value is -0.980. The van der Waals surface area contributed by atoms with E-state index < -0.39 is 0 Å². The van der Waals surface area contributed by atoms with Gasteiger partial charge in [0.2, 0.25) is 0 Å². The maximum atomic E-state index is 9.85. The van der Waals surface area contributed by atoms with Crippen LogP contribution in [0.5, 0.6) is 5.75 Å². The van der Waals surface area contributed by atoms with Crippen molar-refractivity contribution < 1.29 is 5.11 Å². The molecule has 0 radical (unpaired) electrons. The van der Waals surface area contributed by atoms with Crippen LogP contribution in [0.2, 0.25) is 0 Å². The highest BCUT2D eigenvalue weighted by Crippen LogP contribution is 2.49. The molecule has 1 nitrogen and oxygen atoms in total. The van der Waals surface area contributed by atoms with Crippen molar-refractivity contribution in [3.63, 3.8) is 0 Å². The van der Waals surface area contributed by atoms with Gasteiger partial charge in [0.15, 0.2) is 0 Å². The molecule has 0 aromatic heterocycles. The second-order valence-electron chi connectivity index (χ2n) is 9.95. The van der Waals surface area contributed by atoms with Crippen LogP contribution in [0.1, 0.15) is 103 Å². The van der Waals surface area contributed by atoms with E-state index in [2.05, 4.69) is 33.8 Å². The van der Waals surface area contributed by atoms with Crippen LogP contribution in [-0.4, -0.2) is 5.11 Å². The van der Waals surface area contributed by atoms with E-state index in [1.54, 1.807) is 0 Å². The van der Waals surface area contributed by atoms with E-state index in [9.17, 15) is 5.11 Å². The Morgan fingerprint density at radius 3 is 2.16 bits per heavy atom. The number of unbranched alkanes of at least 4 members (excludes halogenated alkanes) is 4. The molecule has 0 spiro atoms. The van der Waals surface area contributed by atoms with Crippen LogP contribution in [-0.2, 0) is 12.8 Å². The molecule has 0 saturated heterocycles. The van der Waals surface area contributed by atoms with Gasteiger partial charge < -0.3 is 5.11 Å². The number of benzene rings is 1. The van der Waals surface area contributed by atoms with E-state index in [1.807, 2.05) is 12.1 Å². The van der Waals surface area contributed by atoms with Crippen LogP contribution in [0.3, 0.4) is 0 Å². The first-order chi connectivity index (χ1) is 11.8. The summed E-state index contributed by atoms with van der Waals surface area (Å²) in [5.74, 6) is 0.428. The van der Waals surface area contributed by atoms with Gasteiger partial charge in [-0.25, -0.2) is 0 Å². The summed E-state index contributed by atoms with van der Waals surface area (Å²) in [6.07, 6.45) is 15.8. The lowest BCUT2D eigenvalue weighted by atomic mass is 9.89. The minimum absolute atomic E-state index is 0.428. The van der Waals surface area contributed by atoms with E-state index >= 15 is 0 Å². The Morgan fingerprint density at radius 2 is 1.52 bits per heavy atom. The minimum atomic E-state index is 0.428. The number of aromatic hydroxyl groups is 1. The lowest BCUT2D eigenvalue weighted by molar-refractivity contribution is 0.358. The van der Waals surface area contributed by atoms with Gasteiger partial charge in [-0.2, -0.15) is 0 Å². The van der Waals surface area contributed by atoms with Crippen LogP contribution in [0.25, 0.3) is 0 Å². The Kier molecular flexibility index (Phi) is 7.40. The van der Waals surface area contributed by atoms with E-state index in [0.717, 1.165) is 12.8 Å². The van der Waals surface area contributed by atoms with Crippen molar-refractivity contribution in [2.45, 2.75) is 105 Å². The molecule has 1 aliphatic rings. The van der Waals surface area contributed by atoms with Crippen LogP contribution < -0.4 is 0 Å². The highest BCUT2D eigenvalue weighted by atomic mass is 16.3. The van der Waals surface area contributed by atoms with Crippen molar-refractivity contribution in [3.05, 3.63) is 29.3 Å². The zero-order chi connectivity index (χ0) is 18.3. The standard InChI is InChI=1S/C24H40O/c1-23(2,3)15-9-5-7-11-20-13-14-22(25)19-21(20)12-8-6-10-16-24(4)17-18-24/h13-14,19,25H,5-12,15-18H2,1-4H3. The van der Waals surface area contributed by atoms with Gasteiger partial charge in [0.05, 0.1) is 0 Å². The fourth-order valence-electron chi connectivity index (χ4n) is 3.74. The van der Waals surface area contributed by atoms with Gasteiger partial charge in [-0.15, -0.1) is 0 Å². The van der Waals surface area contributed by atoms with Crippen LogP contribution in [0.4, 0.5) is 0 Å². The topological polar surface area (TPSA) is 20.2 Å². The number of aryl methyl sites for hydroxylation is 2. The van der Waals surface area contributed by atoms with Gasteiger partial charge in [0.25, 0.3) is 0 Å². The smallest absolute Gasteiger partial charge is 0.115 e. The second kappa shape index (κ2) is 9.10. The largest absolute Gasteiger partial charge is 0.508 e. The normalized spacial score (nSPS) is 16.2. The fraction of sp³-hybridized carbons (Fsp3) is 0.750. The molecule has 1 aromatic carbocycles. The third kappa shape index (κ3) is 8.29. The van der Waals surface area contributed by atoms with Crippen molar-refractivity contribution in [2.24, 2.45) is 10.8 Å². The van der Waals surface area contributed by atoms with E-state index in [4.69, 9.17) is 0 Å². The predicted molar refractivity (Wildman–Crippen MR) is 109 cm³/mol. The summed E-state index contributed by atoms with van der Waals surface area (Å²) in [6, 6.07) is 6.02. The zero-order valence-electron chi connectivity index (χ0n) is 17.2. The molecule has 0 bridgehead atoms. The molecule has 1 saturated carbocycles. The average molecular weight is 345 g/mol. The van der Waals surface area contributed by atoms with Crippen molar-refractivity contribution >= 4 is 0 Å². The molecule has 1 heteroatoms. The monoisotopic (exact) mass is 344 g/mol. The molecular weight excluding hydrogens is 304 g/mol. The summed E-state index contributed by atoms with van der Waals surface area (Å²) >= 11 is 0. The Morgan fingerprint density at radius 1 is 0.880 bits per heavy atom. The second-order valence-corrected chi connectivity index (χ2v) is 9.95. The molecule has 1 aromatic rings. The highest BCUT2D eigenvalue weighted by molar-refractivity contribution is 5.35. The number of hydrogen-bond donors (Lipinski definition) is 1. The molecule has 1 N–H and O–H groups in total. The molecule has 0 unspecified atom stereocenters. The Labute approximate surface area is 156 Å². The van der Waals surface area contributed by atoms with E-state index in [1.165, 1.54) is 75.3 Å². The Balaban J connectivity index is 1.70. The third-order valence-electron chi connectivity index (χ3n) is 5.89. The fourth-order valence-corrected chi connectivity index (χ4v) is 3.74. The Bertz CT molecular complexity index is 519. The number of rotatable bonds is 11. The first kappa shape index (κ1) is 20.3. The van der Waals surface area contributed by atoms with Gasteiger partial charge in [0.1, 0.15) is 5.75 Å². The van der Waals surface area contributed by atoms with Crippen molar-refractivity contribution in [3.8, 4) is 5.75 Å². The molecular formula is C24H40O. The van der Waals surface area contributed by atoms with Crippen molar-refractivity contribution in [1.82, 2.24) is 0 Å². The number of phenols is 1. The van der Waals surface area contributed by atoms with Gasteiger partial charge >= 0.3 is 0 Å². The summed E-state index contributed by atoms with van der Waals surface area (Å²) < 4.78 is 0. The molecule has 0 heterocycles. The molecule has 0 amide bonds. The summed E-state index contributed by atoms with van der Waals surface area (Å²) in [5, 5.41) is 9.85. The molecule has 25 heavy (non-hydrogen) atoms. The predicted octanol–water partition coefficient (Wildman–Crippen LogP) is 7.44. The maximum Gasteiger partial charge on any atom is 0.115 e. The maximum absolute atomic E-state index is 9.85. The number of hydrogen-bond acceptors (Lipinski definition) is 1. The molecule has 0 atom stereocenters. The van der Waals surface area contributed by atoms with Crippen LogP contribution >= 0.6 is 0 Å². The molecule has 1 aliphatic carbocycles. The zero-order valence-corrected chi connectivity index (χ0v) is 17.2. The molecule has 142 valence electrons. The van der Waals surface area contributed by atoms with Crippen molar-refractivity contribution in [2.75, 3.05) is 0 Å². The SMILES string of the molecule is CC(C)(C)CCCCCc1ccc(O)cc1CCCCCC1(C)CC1. The van der Waals surface area contributed by atoms with Gasteiger partial charge in [0, 0.05) is 0 Å². The van der Waals surface area contributed by atoms with E-state index in [0.29, 0.717) is 16.6 Å². The highest BCUT2D eigenvalue weighted by Gasteiger charge is 2.35. The van der Waals surface area contributed by atoms with Gasteiger partial charge in [-0.05, 0) is 85.5 Å². The quantitative estimate of drug-likeness (QED) is 0.413. The lowest BCUT2D eigenvalue weighted by Crippen LogP contribution is -2.04. The average Bonchev–Trinajstić information content (AvgIpc) is 3.25. The first-order valence-corrected chi connectivity index (χ1v) is 10.6. The van der Waals surface area contributed by atoms with Crippen LogP contribution in [0.15, 0.2) is 18.2 Å². The summed E-state index contributed by atoms with van der Waals surface area (Å²) in [4.78, 5) is 0. The number of phenolic OH excluding ortho intramolecular Hbond substituents is 1. The molecule has 1 fully saturated rings. The molecule has 2 rings (SSSR count). The van der Waals surface area contributed by atoms with E-state index in [-0.39, 0.29) is 0 Å². The third-order valence-corrected chi connectivity index (χ3v) is 5.89. The summed E-state index contributed by atoms with van der Waals surface area (Å²) in [6.45, 7) is 9.41. The minimum Gasteiger partial charge on any atom is -0.508 e. The lowest BCUT2D eigenvalue weighted by Gasteiger charge is -2.17. The molecule has 0 aliphatic heterocycles. The first-order valence-electron chi connectivity index (χ1n) is 10.6.